The van der Waals surface area contributed by atoms with E-state index in [2.05, 4.69) is 10.6 Å². The van der Waals surface area contributed by atoms with Gasteiger partial charge in [0.25, 0.3) is 0 Å². The van der Waals surface area contributed by atoms with Crippen LogP contribution in [0.2, 0.25) is 0 Å². The van der Waals surface area contributed by atoms with Gasteiger partial charge in [0, 0.05) is 12.6 Å². The molecular weight excluding hydrogens is 296 g/mol. The van der Waals surface area contributed by atoms with Crippen LogP contribution in [-0.4, -0.2) is 53.7 Å². The molecule has 2 saturated heterocycles. The molecule has 2 aliphatic rings. The zero-order chi connectivity index (χ0) is 16.3. The first-order valence-electron chi connectivity index (χ1n) is 8.09. The minimum Gasteiger partial charge on any atom is -0.493 e. The van der Waals surface area contributed by atoms with Crippen LogP contribution in [0.25, 0.3) is 0 Å². The van der Waals surface area contributed by atoms with E-state index in [0.717, 1.165) is 18.7 Å². The molecule has 23 heavy (non-hydrogen) atoms. The Morgan fingerprint density at radius 1 is 1.13 bits per heavy atom. The van der Waals surface area contributed by atoms with Crippen LogP contribution in [0.1, 0.15) is 18.4 Å². The van der Waals surface area contributed by atoms with Gasteiger partial charge < -0.3 is 24.3 Å². The molecular formula is C17H26N2O4. The summed E-state index contributed by atoms with van der Waals surface area (Å²) in [6.45, 7) is 3.41. The first-order valence-corrected chi connectivity index (χ1v) is 8.09. The van der Waals surface area contributed by atoms with Crippen molar-refractivity contribution in [2.75, 3.05) is 47.6 Å². The first-order chi connectivity index (χ1) is 11.2. The van der Waals surface area contributed by atoms with Crippen molar-refractivity contribution in [2.45, 2.75) is 24.4 Å². The predicted molar refractivity (Wildman–Crippen MR) is 87.6 cm³/mol. The lowest BCUT2D eigenvalue weighted by atomic mass is 9.85. The predicted octanol–water partition coefficient (Wildman–Crippen LogP) is 1.28. The van der Waals surface area contributed by atoms with E-state index in [1.54, 1.807) is 21.3 Å². The lowest BCUT2D eigenvalue weighted by Gasteiger charge is -2.46. The summed E-state index contributed by atoms with van der Waals surface area (Å²) in [5.41, 5.74) is 0.931. The van der Waals surface area contributed by atoms with Crippen molar-refractivity contribution in [3.8, 4) is 17.2 Å². The Kier molecular flexibility index (Phi) is 4.94. The molecule has 6 nitrogen and oxygen atoms in total. The van der Waals surface area contributed by atoms with E-state index in [4.69, 9.17) is 18.9 Å². The van der Waals surface area contributed by atoms with Crippen molar-refractivity contribution in [2.24, 2.45) is 0 Å². The van der Waals surface area contributed by atoms with Crippen molar-refractivity contribution in [3.05, 3.63) is 17.7 Å². The average Bonchev–Trinajstić information content (AvgIpc) is 2.57. The van der Waals surface area contributed by atoms with Gasteiger partial charge in [-0.15, -0.1) is 0 Å². The molecule has 2 fully saturated rings. The molecule has 0 amide bonds. The van der Waals surface area contributed by atoms with Gasteiger partial charge in [0.15, 0.2) is 11.5 Å². The van der Waals surface area contributed by atoms with Crippen LogP contribution in [0.3, 0.4) is 0 Å². The molecule has 1 aromatic rings. The number of piperidine rings is 1. The third-order valence-electron chi connectivity index (χ3n) is 4.69. The number of rotatable bonds is 6. The van der Waals surface area contributed by atoms with Crippen molar-refractivity contribution >= 4 is 0 Å². The molecule has 0 aliphatic carbocycles. The number of benzene rings is 1. The highest BCUT2D eigenvalue weighted by Crippen LogP contribution is 2.43. The Morgan fingerprint density at radius 2 is 1.83 bits per heavy atom. The third-order valence-corrected chi connectivity index (χ3v) is 4.69. The summed E-state index contributed by atoms with van der Waals surface area (Å²) in [4.78, 5) is 0. The maximum Gasteiger partial charge on any atom is 0.203 e. The van der Waals surface area contributed by atoms with E-state index in [-0.39, 0.29) is 5.54 Å². The van der Waals surface area contributed by atoms with Crippen molar-refractivity contribution < 1.29 is 18.9 Å². The van der Waals surface area contributed by atoms with Crippen molar-refractivity contribution in [3.63, 3.8) is 0 Å². The second-order valence-corrected chi connectivity index (χ2v) is 6.18. The highest BCUT2D eigenvalue weighted by atomic mass is 16.5. The monoisotopic (exact) mass is 322 g/mol. The normalized spacial score (nSPS) is 23.0. The summed E-state index contributed by atoms with van der Waals surface area (Å²) >= 11 is 0. The molecule has 2 aliphatic heterocycles. The lowest BCUT2D eigenvalue weighted by molar-refractivity contribution is -0.0851. The zero-order valence-electron chi connectivity index (χ0n) is 14.1. The summed E-state index contributed by atoms with van der Waals surface area (Å²) in [6.07, 6.45) is 2.38. The molecule has 0 saturated carbocycles. The largest absolute Gasteiger partial charge is 0.493 e. The fourth-order valence-corrected chi connectivity index (χ4v) is 3.36. The minimum absolute atomic E-state index is 0.184. The summed E-state index contributed by atoms with van der Waals surface area (Å²) in [7, 11) is 4.90. The summed E-state index contributed by atoms with van der Waals surface area (Å²) in [6, 6.07) is 4.49. The van der Waals surface area contributed by atoms with Gasteiger partial charge >= 0.3 is 0 Å². The average molecular weight is 322 g/mol. The number of hydrogen-bond acceptors (Lipinski definition) is 6. The minimum atomic E-state index is -0.184. The van der Waals surface area contributed by atoms with Crippen LogP contribution in [0.4, 0.5) is 0 Å². The molecule has 0 spiro atoms. The quantitative estimate of drug-likeness (QED) is 0.823. The maximum absolute atomic E-state index is 5.54. The van der Waals surface area contributed by atoms with E-state index >= 15 is 0 Å². The number of hydrogen-bond donors (Lipinski definition) is 2. The van der Waals surface area contributed by atoms with Crippen LogP contribution >= 0.6 is 0 Å². The summed E-state index contributed by atoms with van der Waals surface area (Å²) in [5, 5.41) is 7.23. The zero-order valence-corrected chi connectivity index (χ0v) is 14.1. The Hall–Kier alpha value is -1.50. The molecule has 0 bridgehead atoms. The summed E-state index contributed by atoms with van der Waals surface area (Å²) in [5.74, 6) is 1.97. The van der Waals surface area contributed by atoms with E-state index in [9.17, 15) is 0 Å². The molecule has 2 heterocycles. The molecule has 0 radical (unpaired) electrons. The van der Waals surface area contributed by atoms with E-state index in [1.165, 1.54) is 12.8 Å². The Bertz CT molecular complexity index is 514. The smallest absolute Gasteiger partial charge is 0.203 e. The van der Waals surface area contributed by atoms with Crippen molar-refractivity contribution in [1.29, 1.82) is 0 Å². The van der Waals surface area contributed by atoms with E-state index < -0.39 is 0 Å². The Morgan fingerprint density at radius 3 is 2.26 bits per heavy atom. The van der Waals surface area contributed by atoms with Gasteiger partial charge in [0.2, 0.25) is 5.75 Å². The fraction of sp³-hybridized carbons (Fsp3) is 0.647. The molecule has 1 unspecified atom stereocenters. The van der Waals surface area contributed by atoms with Gasteiger partial charge in [-0.1, -0.05) is 0 Å². The number of nitrogens with one attached hydrogen (secondary N) is 2. The van der Waals surface area contributed by atoms with Crippen LogP contribution < -0.4 is 24.8 Å². The second-order valence-electron chi connectivity index (χ2n) is 6.18. The fourth-order valence-electron chi connectivity index (χ4n) is 3.36. The Labute approximate surface area is 137 Å². The highest BCUT2D eigenvalue weighted by Gasteiger charge is 2.43. The lowest BCUT2D eigenvalue weighted by Crippen LogP contribution is -2.62. The van der Waals surface area contributed by atoms with Gasteiger partial charge in [0.05, 0.1) is 40.1 Å². The van der Waals surface area contributed by atoms with Gasteiger partial charge in [-0.25, -0.2) is 0 Å². The molecule has 128 valence electrons. The molecule has 1 atom stereocenters. The molecule has 3 rings (SSSR count). The SMILES string of the molecule is COc1cc(C2(NC3CCCNC3)COC2)cc(OC)c1OC. The van der Waals surface area contributed by atoms with Crippen LogP contribution in [0.15, 0.2) is 12.1 Å². The van der Waals surface area contributed by atoms with Crippen LogP contribution in [0, 0.1) is 0 Å². The highest BCUT2D eigenvalue weighted by molar-refractivity contribution is 5.55. The van der Waals surface area contributed by atoms with Gasteiger partial charge in [-0.05, 0) is 37.1 Å². The van der Waals surface area contributed by atoms with Crippen LogP contribution in [0.5, 0.6) is 17.2 Å². The molecule has 0 aromatic heterocycles. The first kappa shape index (κ1) is 16.4. The van der Waals surface area contributed by atoms with Gasteiger partial charge in [-0.2, -0.15) is 0 Å². The topological polar surface area (TPSA) is 61.0 Å². The molecule has 1 aromatic carbocycles. The van der Waals surface area contributed by atoms with Crippen molar-refractivity contribution in [1.82, 2.24) is 10.6 Å². The second kappa shape index (κ2) is 6.95. The molecule has 2 N–H and O–H groups in total. The number of ether oxygens (including phenoxy) is 4. The van der Waals surface area contributed by atoms with Gasteiger partial charge in [0.1, 0.15) is 0 Å². The standard InChI is InChI=1S/C17H26N2O4/c1-20-14-7-12(8-15(21-2)16(14)22-3)17(10-23-11-17)19-13-5-4-6-18-9-13/h7-8,13,18-19H,4-6,9-11H2,1-3H3. The third kappa shape index (κ3) is 3.11. The van der Waals surface area contributed by atoms with E-state index in [1.807, 2.05) is 12.1 Å². The number of methoxy groups -OCH3 is 3. The van der Waals surface area contributed by atoms with E-state index in [0.29, 0.717) is 36.5 Å². The summed E-state index contributed by atoms with van der Waals surface area (Å²) < 4.78 is 21.9. The maximum atomic E-state index is 5.54. The van der Waals surface area contributed by atoms with Gasteiger partial charge in [-0.3, -0.25) is 5.32 Å². The van der Waals surface area contributed by atoms with Crippen LogP contribution in [-0.2, 0) is 10.3 Å². The molecule has 6 heteroatoms. The Balaban J connectivity index is 1.91.